The second-order valence-electron chi connectivity index (χ2n) is 7.72. The summed E-state index contributed by atoms with van der Waals surface area (Å²) in [7, 11) is 0. The van der Waals surface area contributed by atoms with Crippen LogP contribution in [0.4, 0.5) is 8.78 Å². The van der Waals surface area contributed by atoms with Crippen molar-refractivity contribution in [2.75, 3.05) is 26.2 Å². The zero-order chi connectivity index (χ0) is 17.7. The number of benzene rings is 2. The molecule has 3 aliphatic rings. The molecule has 5 rings (SSSR count). The van der Waals surface area contributed by atoms with Gasteiger partial charge in [-0.25, -0.2) is 8.78 Å². The molecule has 2 heterocycles. The topological polar surface area (TPSA) is 24.5 Å². The number of nitrogens with zero attached hydrogens (tertiary/aromatic N) is 1. The normalized spacial score (nSPS) is 30.4. The van der Waals surface area contributed by atoms with E-state index in [1.165, 1.54) is 17.7 Å². The first-order chi connectivity index (χ1) is 12.7. The zero-order valence-corrected chi connectivity index (χ0v) is 14.5. The van der Waals surface area contributed by atoms with Crippen LogP contribution in [0.2, 0.25) is 0 Å². The van der Waals surface area contributed by atoms with Gasteiger partial charge in [-0.15, -0.1) is 0 Å². The molecular formula is C21H22F2N2O. The van der Waals surface area contributed by atoms with E-state index in [2.05, 4.69) is 22.3 Å². The highest BCUT2D eigenvalue weighted by Crippen LogP contribution is 2.41. The van der Waals surface area contributed by atoms with Crippen LogP contribution in [-0.4, -0.2) is 37.1 Å². The van der Waals surface area contributed by atoms with Gasteiger partial charge in [0.25, 0.3) is 0 Å². The number of rotatable bonds is 3. The van der Waals surface area contributed by atoms with E-state index in [1.807, 2.05) is 12.1 Å². The minimum atomic E-state index is -0.643. The summed E-state index contributed by atoms with van der Waals surface area (Å²) >= 11 is 0. The fraction of sp³-hybridized carbons (Fsp3) is 0.429. The highest BCUT2D eigenvalue weighted by atomic mass is 19.1. The Labute approximate surface area is 152 Å². The molecule has 2 aliphatic heterocycles. The lowest BCUT2D eigenvalue weighted by Gasteiger charge is -2.31. The van der Waals surface area contributed by atoms with E-state index < -0.39 is 11.6 Å². The van der Waals surface area contributed by atoms with Crippen LogP contribution in [0.25, 0.3) is 0 Å². The predicted molar refractivity (Wildman–Crippen MR) is 95.1 cm³/mol. The molecule has 1 N–H and O–H groups in total. The molecule has 4 atom stereocenters. The fourth-order valence-electron chi connectivity index (χ4n) is 4.87. The summed E-state index contributed by atoms with van der Waals surface area (Å²) in [5.74, 6) is 0.289. The summed E-state index contributed by atoms with van der Waals surface area (Å²) in [6.45, 7) is 4.28. The summed E-state index contributed by atoms with van der Waals surface area (Å²) < 4.78 is 33.6. The Balaban J connectivity index is 1.45. The van der Waals surface area contributed by atoms with Crippen LogP contribution in [0, 0.1) is 23.5 Å². The summed E-state index contributed by atoms with van der Waals surface area (Å²) in [6.07, 6.45) is 0.689. The number of likely N-dealkylation sites (tertiary alicyclic amines) is 1. The Hall–Kier alpha value is -1.98. The van der Waals surface area contributed by atoms with Gasteiger partial charge in [-0.1, -0.05) is 24.3 Å². The van der Waals surface area contributed by atoms with Gasteiger partial charge >= 0.3 is 0 Å². The van der Waals surface area contributed by atoms with E-state index >= 15 is 0 Å². The van der Waals surface area contributed by atoms with Gasteiger partial charge in [0.15, 0.2) is 11.6 Å². The first kappa shape index (κ1) is 16.2. The van der Waals surface area contributed by atoms with Crippen LogP contribution in [-0.2, 0) is 6.42 Å². The lowest BCUT2D eigenvalue weighted by Crippen LogP contribution is -2.40. The molecule has 0 aromatic heterocycles. The molecule has 2 saturated heterocycles. The molecule has 0 saturated carbocycles. The van der Waals surface area contributed by atoms with Gasteiger partial charge in [0.2, 0.25) is 0 Å². The predicted octanol–water partition coefficient (Wildman–Crippen LogP) is 3.16. The van der Waals surface area contributed by atoms with Gasteiger partial charge in [0.1, 0.15) is 11.9 Å². The van der Waals surface area contributed by atoms with Crippen molar-refractivity contribution < 1.29 is 13.5 Å². The molecule has 26 heavy (non-hydrogen) atoms. The van der Waals surface area contributed by atoms with Gasteiger partial charge in [0.05, 0.1) is 6.04 Å². The van der Waals surface area contributed by atoms with Crippen molar-refractivity contribution in [1.82, 2.24) is 10.2 Å². The van der Waals surface area contributed by atoms with E-state index in [4.69, 9.17) is 4.74 Å². The van der Waals surface area contributed by atoms with Gasteiger partial charge < -0.3 is 10.1 Å². The van der Waals surface area contributed by atoms with Crippen LogP contribution in [0.1, 0.15) is 17.2 Å². The first-order valence-electron chi connectivity index (χ1n) is 9.33. The Morgan fingerprint density at radius 1 is 1.00 bits per heavy atom. The molecule has 2 fully saturated rings. The molecule has 0 spiro atoms. The summed E-state index contributed by atoms with van der Waals surface area (Å²) in [4.78, 5) is 2.52. The summed E-state index contributed by atoms with van der Waals surface area (Å²) in [5.41, 5.74) is 2.39. The smallest absolute Gasteiger partial charge is 0.168 e. The highest BCUT2D eigenvalue weighted by molar-refractivity contribution is 5.38. The molecule has 1 aliphatic carbocycles. The van der Waals surface area contributed by atoms with Gasteiger partial charge in [-0.2, -0.15) is 0 Å². The first-order valence-corrected chi connectivity index (χ1v) is 9.33. The van der Waals surface area contributed by atoms with E-state index in [9.17, 15) is 8.78 Å². The van der Waals surface area contributed by atoms with Crippen molar-refractivity contribution in [3.8, 4) is 5.75 Å². The highest BCUT2D eigenvalue weighted by Gasteiger charge is 2.44. The van der Waals surface area contributed by atoms with Crippen LogP contribution in [0.15, 0.2) is 42.5 Å². The Kier molecular flexibility index (Phi) is 3.94. The van der Waals surface area contributed by atoms with E-state index in [-0.39, 0.29) is 17.9 Å². The van der Waals surface area contributed by atoms with Crippen molar-refractivity contribution >= 4 is 0 Å². The van der Waals surface area contributed by atoms with Crippen LogP contribution >= 0.6 is 0 Å². The molecule has 0 radical (unpaired) electrons. The summed E-state index contributed by atoms with van der Waals surface area (Å²) in [6, 6.07) is 12.0. The largest absolute Gasteiger partial charge is 0.481 e. The minimum Gasteiger partial charge on any atom is -0.481 e. The maximum absolute atomic E-state index is 14.2. The van der Waals surface area contributed by atoms with E-state index in [1.54, 1.807) is 0 Å². The van der Waals surface area contributed by atoms with Gasteiger partial charge in [-0.3, -0.25) is 4.90 Å². The van der Waals surface area contributed by atoms with Crippen molar-refractivity contribution in [2.24, 2.45) is 11.8 Å². The van der Waals surface area contributed by atoms with Gasteiger partial charge in [0, 0.05) is 19.2 Å². The maximum atomic E-state index is 14.2. The van der Waals surface area contributed by atoms with Crippen molar-refractivity contribution in [2.45, 2.75) is 18.6 Å². The van der Waals surface area contributed by atoms with E-state index in [0.29, 0.717) is 11.8 Å². The third kappa shape index (κ3) is 2.70. The molecular weight excluding hydrogens is 334 g/mol. The average molecular weight is 356 g/mol. The van der Waals surface area contributed by atoms with Crippen molar-refractivity contribution in [3.63, 3.8) is 0 Å². The standard InChI is InChI=1S/C21H22F2N2O/c22-16-5-6-20(18(23)8-16)26-21-17-4-2-1-3-13(17)7-19(21)25-11-14-9-24-10-15(14)12-25/h1-6,8,14-15,19,21,24H,7,9-12H2/t14-,15+,19-,21-/m1/s1. The minimum absolute atomic E-state index is 0.124. The molecule has 0 unspecified atom stereocenters. The fourth-order valence-corrected chi connectivity index (χ4v) is 4.87. The van der Waals surface area contributed by atoms with Crippen LogP contribution < -0.4 is 10.1 Å². The van der Waals surface area contributed by atoms with Crippen molar-refractivity contribution in [3.05, 3.63) is 65.2 Å². The van der Waals surface area contributed by atoms with Gasteiger partial charge in [-0.05, 0) is 54.6 Å². The molecule has 2 aromatic rings. The summed E-state index contributed by atoms with van der Waals surface area (Å²) in [5, 5.41) is 3.47. The number of nitrogens with one attached hydrogen (secondary N) is 1. The number of ether oxygens (including phenoxy) is 1. The molecule has 0 bridgehead atoms. The zero-order valence-electron chi connectivity index (χ0n) is 14.5. The lowest BCUT2D eigenvalue weighted by molar-refractivity contribution is 0.0856. The Morgan fingerprint density at radius 2 is 1.77 bits per heavy atom. The Morgan fingerprint density at radius 3 is 2.54 bits per heavy atom. The molecule has 3 nitrogen and oxygen atoms in total. The quantitative estimate of drug-likeness (QED) is 0.914. The SMILES string of the molecule is Fc1ccc(O[C@@H]2c3ccccc3C[C@H]2N2C[C@H]3CNC[C@H]3C2)c(F)c1. The second-order valence-corrected chi connectivity index (χ2v) is 7.72. The number of fused-ring (bicyclic) bond motifs is 2. The molecule has 136 valence electrons. The Bertz CT molecular complexity index is 815. The molecule has 0 amide bonds. The molecule has 2 aromatic carbocycles. The number of hydrogen-bond acceptors (Lipinski definition) is 3. The number of hydrogen-bond donors (Lipinski definition) is 1. The third-order valence-corrected chi connectivity index (χ3v) is 6.17. The molecule has 5 heteroatoms. The maximum Gasteiger partial charge on any atom is 0.168 e. The van der Waals surface area contributed by atoms with Crippen LogP contribution in [0.3, 0.4) is 0 Å². The monoisotopic (exact) mass is 356 g/mol. The van der Waals surface area contributed by atoms with Crippen LogP contribution in [0.5, 0.6) is 5.75 Å². The van der Waals surface area contributed by atoms with Crippen molar-refractivity contribution in [1.29, 1.82) is 0 Å². The third-order valence-electron chi connectivity index (χ3n) is 6.17. The average Bonchev–Trinajstić information content (AvgIpc) is 3.30. The lowest BCUT2D eigenvalue weighted by atomic mass is 10.0. The van der Waals surface area contributed by atoms with E-state index in [0.717, 1.165) is 44.2 Å². The second kappa shape index (κ2) is 6.32. The number of halogens is 2.